The Labute approximate surface area is 755 Å². The second kappa shape index (κ2) is 46.2. The van der Waals surface area contributed by atoms with Crippen molar-refractivity contribution in [1.82, 2.24) is 0 Å². The quantitative estimate of drug-likeness (QED) is 0.0202. The van der Waals surface area contributed by atoms with Crippen LogP contribution in [0.25, 0.3) is 0 Å². The van der Waals surface area contributed by atoms with Gasteiger partial charge < -0.3 is 99.5 Å². The minimum absolute atomic E-state index is 0.00606. The summed E-state index contributed by atoms with van der Waals surface area (Å²) in [5.41, 5.74) is -0.843. The van der Waals surface area contributed by atoms with Gasteiger partial charge in [-0.05, 0) is 109 Å². The molecular weight excluding hydrogens is 1720 g/mol. The van der Waals surface area contributed by atoms with Gasteiger partial charge in [-0.1, -0.05) is 170 Å². The molecule has 34 nitrogen and oxygen atoms in total. The van der Waals surface area contributed by atoms with Gasteiger partial charge in [0.1, 0.15) is 31.0 Å². The van der Waals surface area contributed by atoms with Gasteiger partial charge in [-0.3, -0.25) is 19.2 Å². The molecule has 4 aliphatic rings. The first-order valence-electron chi connectivity index (χ1n) is 41.6. The van der Waals surface area contributed by atoms with Crippen LogP contribution in [0.2, 0.25) is 0 Å². The van der Waals surface area contributed by atoms with E-state index in [4.69, 9.17) is 99.5 Å². The van der Waals surface area contributed by atoms with Crippen LogP contribution >= 0.6 is 0 Å². The second-order valence-electron chi connectivity index (χ2n) is 29.9. The molecule has 4 heterocycles. The van der Waals surface area contributed by atoms with E-state index in [-0.39, 0.29) is 56.7 Å². The maximum absolute atomic E-state index is 15.3. The summed E-state index contributed by atoms with van der Waals surface area (Å²) in [6, 6.07) is 66.8. The van der Waals surface area contributed by atoms with Crippen molar-refractivity contribution >= 4 is 77.6 Å². The highest BCUT2D eigenvalue weighted by Crippen LogP contribution is 2.40. The first-order chi connectivity index (χ1) is 63.9. The highest BCUT2D eigenvalue weighted by Gasteiger charge is 2.60. The van der Waals surface area contributed by atoms with Crippen LogP contribution in [0.4, 0.5) is 0 Å². The highest BCUT2D eigenvalue weighted by molar-refractivity contribution is 5.94. The van der Waals surface area contributed by atoms with Gasteiger partial charge in [0.05, 0.1) is 76.5 Å². The Balaban J connectivity index is 0.973. The standard InChI is InChI=1S/C98H90O34/c1-6-52-112-95-83(130-92(109)67-46-28-13-29-47-67)79(127-89(106)64-40-22-10-23-41-64)75(124-86(103)61-34-16-7-17-35-61)71(120-95)54-115-97-84(131-93(110)68-48-30-14-31-49-68)81(129-91(108)66-44-26-12-27-45-66)77(126-88(105)63-38-20-9-21-39-63)73(123-97)56-116-98-85(132-94(111)69-50-32-15-33-51-69)80(128-90(107)65-42-24-11-25-43-65)76(125-87(104)62-36-18-8-19-37-62)72(122-98)55-114-96-82(119-60(5)102)78(118-59(4)101)74(117-58(3)100)70(121-96)53-113-57(2)99/h6-51,70-85,95-98H,1,52-56H2,2-5H3/t70-,71-,72-,73-,74-,75-,76-,77-,78+,79+,80+,81+,82-,83-,84-,85-,95+,96-,97-,98-/m1/s1. The van der Waals surface area contributed by atoms with Crippen LogP contribution in [0.3, 0.4) is 0 Å². The van der Waals surface area contributed by atoms with Crippen molar-refractivity contribution in [3.05, 3.63) is 336 Å². The fourth-order valence-corrected chi connectivity index (χ4v) is 14.6. The van der Waals surface area contributed by atoms with Crippen LogP contribution in [0.5, 0.6) is 0 Å². The predicted octanol–water partition coefficient (Wildman–Crippen LogP) is 10.5. The highest BCUT2D eigenvalue weighted by atomic mass is 16.8. The Bertz CT molecular complexity index is 5430. The summed E-state index contributed by atoms with van der Waals surface area (Å²) in [4.78, 5) is 187. The Kier molecular flexibility index (Phi) is 33.3. The molecular formula is C98H90O34. The third-order valence-electron chi connectivity index (χ3n) is 20.6. The molecule has 0 aromatic heterocycles. The summed E-state index contributed by atoms with van der Waals surface area (Å²) in [6.45, 7) is 3.62. The molecule has 0 bridgehead atoms. The fourth-order valence-electron chi connectivity index (χ4n) is 14.6. The van der Waals surface area contributed by atoms with Crippen LogP contribution < -0.4 is 0 Å². The van der Waals surface area contributed by atoms with E-state index in [1.807, 2.05) is 0 Å². The topological polar surface area (TPSA) is 416 Å². The van der Waals surface area contributed by atoms with E-state index >= 15 is 24.0 Å². The number of benzene rings is 9. The summed E-state index contributed by atoms with van der Waals surface area (Å²) >= 11 is 0. The van der Waals surface area contributed by atoms with Crippen LogP contribution in [0, 0.1) is 0 Å². The Morgan fingerprint density at radius 2 is 0.386 bits per heavy atom. The average molecular weight is 1810 g/mol. The number of rotatable bonds is 35. The van der Waals surface area contributed by atoms with Gasteiger partial charge in [-0.2, -0.15) is 0 Å². The molecule has 4 fully saturated rings. The molecule has 132 heavy (non-hydrogen) atoms. The Morgan fingerprint density at radius 1 is 0.220 bits per heavy atom. The second-order valence-corrected chi connectivity index (χ2v) is 29.9. The summed E-state index contributed by atoms with van der Waals surface area (Å²) in [7, 11) is 0. The van der Waals surface area contributed by atoms with Gasteiger partial charge in [-0.25, -0.2) is 43.2 Å². The van der Waals surface area contributed by atoms with Crippen molar-refractivity contribution in [3.8, 4) is 0 Å². The third-order valence-corrected chi connectivity index (χ3v) is 20.6. The molecule has 9 aromatic carbocycles. The van der Waals surface area contributed by atoms with Crippen LogP contribution in [0.1, 0.15) is 121 Å². The third kappa shape index (κ3) is 25.1. The fraction of sp³-hybridized carbons (Fsp3) is 0.296. The predicted molar refractivity (Wildman–Crippen MR) is 453 cm³/mol. The van der Waals surface area contributed by atoms with E-state index in [1.54, 1.807) is 78.9 Å². The zero-order chi connectivity index (χ0) is 93.2. The molecule has 0 unspecified atom stereocenters. The largest absolute Gasteiger partial charge is 0.463 e. The van der Waals surface area contributed by atoms with Gasteiger partial charge in [-0.15, -0.1) is 6.58 Å². The van der Waals surface area contributed by atoms with Gasteiger partial charge in [0, 0.05) is 27.7 Å². The minimum Gasteiger partial charge on any atom is -0.463 e. The zero-order valence-electron chi connectivity index (χ0n) is 71.2. The molecule has 34 heteroatoms. The molecule has 9 aromatic rings. The van der Waals surface area contributed by atoms with Crippen molar-refractivity contribution in [1.29, 1.82) is 0 Å². The number of hydrogen-bond acceptors (Lipinski definition) is 34. The molecule has 0 spiro atoms. The summed E-state index contributed by atoms with van der Waals surface area (Å²) in [6.07, 6.45) is -38.6. The van der Waals surface area contributed by atoms with E-state index in [9.17, 15) is 38.4 Å². The number of esters is 13. The first kappa shape index (κ1) is 95.1. The molecule has 4 aliphatic heterocycles. The van der Waals surface area contributed by atoms with Crippen LogP contribution in [0.15, 0.2) is 286 Å². The van der Waals surface area contributed by atoms with Crippen molar-refractivity contribution in [3.63, 3.8) is 0 Å². The molecule has 0 aliphatic carbocycles. The Morgan fingerprint density at radius 3 is 0.598 bits per heavy atom. The smallest absolute Gasteiger partial charge is 0.338 e. The lowest BCUT2D eigenvalue weighted by Crippen LogP contribution is -2.66. The number of carbonyl (C=O) groups excluding carboxylic acids is 13. The summed E-state index contributed by atoms with van der Waals surface area (Å²) < 4.78 is 134. The molecule has 0 radical (unpaired) electrons. The van der Waals surface area contributed by atoms with Gasteiger partial charge in [0.25, 0.3) is 0 Å². The molecule has 20 atom stereocenters. The number of hydrogen-bond donors (Lipinski definition) is 0. The maximum Gasteiger partial charge on any atom is 0.338 e. The van der Waals surface area contributed by atoms with E-state index in [1.165, 1.54) is 200 Å². The summed E-state index contributed by atoms with van der Waals surface area (Å²) in [5.74, 6) is -13.9. The van der Waals surface area contributed by atoms with Crippen molar-refractivity contribution in [2.24, 2.45) is 0 Å². The van der Waals surface area contributed by atoms with E-state index in [0.717, 1.165) is 27.7 Å². The average Bonchev–Trinajstić information content (AvgIpc) is 0.791. The van der Waals surface area contributed by atoms with Crippen molar-refractivity contribution in [2.45, 2.75) is 151 Å². The number of ether oxygens (including phenoxy) is 21. The molecule has 0 N–H and O–H groups in total. The van der Waals surface area contributed by atoms with Gasteiger partial charge in [0.15, 0.2) is 98.4 Å². The van der Waals surface area contributed by atoms with Crippen LogP contribution in [-0.4, -0.2) is 233 Å². The molecule has 0 amide bonds. The van der Waals surface area contributed by atoms with Crippen molar-refractivity contribution in [2.75, 3.05) is 33.0 Å². The van der Waals surface area contributed by atoms with Gasteiger partial charge in [0.2, 0.25) is 0 Å². The molecule has 13 rings (SSSR count). The molecule has 0 saturated carbocycles. The Hall–Kier alpha value is -14.5. The van der Waals surface area contributed by atoms with Gasteiger partial charge >= 0.3 is 77.6 Å². The number of carbonyl (C=O) groups is 13. The van der Waals surface area contributed by atoms with E-state index in [2.05, 4.69) is 6.58 Å². The normalized spacial score (nSPS) is 24.8. The zero-order valence-corrected chi connectivity index (χ0v) is 71.2. The maximum atomic E-state index is 15.3. The first-order valence-corrected chi connectivity index (χ1v) is 41.6. The minimum atomic E-state index is -2.28. The molecule has 686 valence electrons. The summed E-state index contributed by atoms with van der Waals surface area (Å²) in [5, 5.41) is 0. The van der Waals surface area contributed by atoms with Crippen molar-refractivity contribution < 1.29 is 162 Å². The SMILES string of the molecule is C=CCO[C@H]1O[C@H](CO[C@@H]2O[C@H](CO[C@@H]3O[C@H](CO[C@@H]4O[C@H](COC(C)=O)[C@@H](OC(C)=O)[C@H](OC(C)=O)[C@H]4OC(C)=O)[C@@H](OC(=O)c4ccccc4)[C@H](OC(=O)c4ccccc4)[C@H]3OC(=O)c3ccccc3)[C@@H](OC(=O)c3ccccc3)[C@H](OC(=O)c3ccccc3)[C@H]2OC(=O)c2ccccc2)[C@@H](OC(=O)c2ccccc2)[C@H](OC(=O)c2ccccc2)[C@H]1OC(=O)c1ccccc1. The van der Waals surface area contributed by atoms with E-state index < -0.39 is 227 Å². The lowest BCUT2D eigenvalue weighted by Gasteiger charge is -2.47. The lowest BCUT2D eigenvalue weighted by atomic mass is 9.96. The van der Waals surface area contributed by atoms with E-state index in [0.29, 0.717) is 0 Å². The van der Waals surface area contributed by atoms with Crippen LogP contribution in [-0.2, 0) is 119 Å². The molecule has 4 saturated heterocycles. The lowest BCUT2D eigenvalue weighted by molar-refractivity contribution is -0.345. The monoisotopic (exact) mass is 1810 g/mol.